The molecule has 2 fully saturated rings. The number of sulfonamides is 1. The zero-order valence-corrected chi connectivity index (χ0v) is 17.7. The predicted octanol–water partition coefficient (Wildman–Crippen LogP) is 2.36. The molecule has 8 heteroatoms. The molecule has 1 aromatic rings. The molecule has 2 aliphatic rings. The summed E-state index contributed by atoms with van der Waals surface area (Å²) in [5, 5.41) is 0. The highest BCUT2D eigenvalue weighted by Gasteiger charge is 2.37. The molecular formula is C20H30N2O5S. The molecule has 1 atom stereocenters. The van der Waals surface area contributed by atoms with Crippen molar-refractivity contribution in [3.05, 3.63) is 18.2 Å². The van der Waals surface area contributed by atoms with Crippen LogP contribution in [-0.4, -0.2) is 63.9 Å². The molecule has 0 saturated carbocycles. The molecule has 0 bridgehead atoms. The predicted molar refractivity (Wildman–Crippen MR) is 106 cm³/mol. The van der Waals surface area contributed by atoms with E-state index in [0.717, 1.165) is 32.4 Å². The van der Waals surface area contributed by atoms with E-state index in [2.05, 4.69) is 6.92 Å². The van der Waals surface area contributed by atoms with Gasteiger partial charge in [0.25, 0.3) is 0 Å². The van der Waals surface area contributed by atoms with Crippen molar-refractivity contribution >= 4 is 15.9 Å². The van der Waals surface area contributed by atoms with Gasteiger partial charge in [0.15, 0.2) is 0 Å². The number of carbonyl (C=O) groups is 1. The Bertz CT molecular complexity index is 803. The van der Waals surface area contributed by atoms with Crippen LogP contribution in [0.15, 0.2) is 23.1 Å². The van der Waals surface area contributed by atoms with Crippen LogP contribution in [0.3, 0.4) is 0 Å². The second-order valence-electron chi connectivity index (χ2n) is 7.73. The summed E-state index contributed by atoms with van der Waals surface area (Å²) in [5.74, 6) is 1.18. The summed E-state index contributed by atoms with van der Waals surface area (Å²) in [6.07, 6.45) is 3.43. The lowest BCUT2D eigenvalue weighted by atomic mass is 9.94. The zero-order chi connectivity index (χ0) is 20.3. The van der Waals surface area contributed by atoms with Gasteiger partial charge in [0.05, 0.1) is 20.1 Å². The summed E-state index contributed by atoms with van der Waals surface area (Å²) in [4.78, 5) is 14.9. The minimum atomic E-state index is -3.79. The van der Waals surface area contributed by atoms with Crippen molar-refractivity contribution in [2.75, 3.05) is 40.4 Å². The van der Waals surface area contributed by atoms with Crippen LogP contribution in [-0.2, 0) is 14.8 Å². The van der Waals surface area contributed by atoms with Gasteiger partial charge in [0, 0.05) is 32.2 Å². The number of hydrogen-bond acceptors (Lipinski definition) is 5. The molecule has 1 aromatic carbocycles. The fraction of sp³-hybridized carbons (Fsp3) is 0.650. The number of amides is 1. The highest BCUT2D eigenvalue weighted by Crippen LogP contribution is 2.33. The fourth-order valence-electron chi connectivity index (χ4n) is 3.97. The molecular weight excluding hydrogens is 380 g/mol. The van der Waals surface area contributed by atoms with Crippen molar-refractivity contribution in [1.82, 2.24) is 9.21 Å². The van der Waals surface area contributed by atoms with Crippen molar-refractivity contribution in [2.45, 2.75) is 37.5 Å². The average molecular weight is 411 g/mol. The maximum absolute atomic E-state index is 13.3. The van der Waals surface area contributed by atoms with E-state index in [-0.39, 0.29) is 29.0 Å². The highest BCUT2D eigenvalue weighted by atomic mass is 32.2. The zero-order valence-electron chi connectivity index (χ0n) is 16.9. The van der Waals surface area contributed by atoms with Crippen LogP contribution in [0.4, 0.5) is 0 Å². The van der Waals surface area contributed by atoms with Gasteiger partial charge in [-0.05, 0) is 43.7 Å². The Balaban J connectivity index is 1.79. The maximum atomic E-state index is 13.3. The molecule has 2 saturated heterocycles. The summed E-state index contributed by atoms with van der Waals surface area (Å²) in [7, 11) is -0.847. The number of hydrogen-bond donors (Lipinski definition) is 0. The first kappa shape index (κ1) is 20.9. The molecule has 0 aliphatic carbocycles. The van der Waals surface area contributed by atoms with Crippen LogP contribution in [0, 0.1) is 11.8 Å². The summed E-state index contributed by atoms with van der Waals surface area (Å²) in [6.45, 7) is 4.37. The fourth-order valence-corrected chi connectivity index (χ4v) is 5.67. The smallest absolute Gasteiger partial charge is 0.246 e. The van der Waals surface area contributed by atoms with Crippen molar-refractivity contribution in [3.63, 3.8) is 0 Å². The van der Waals surface area contributed by atoms with E-state index in [0.29, 0.717) is 24.6 Å². The van der Waals surface area contributed by atoms with Gasteiger partial charge in [-0.1, -0.05) is 6.92 Å². The minimum absolute atomic E-state index is 0.0780. The first-order valence-electron chi connectivity index (χ1n) is 9.87. The Labute approximate surface area is 167 Å². The normalized spacial score (nSPS) is 22.1. The van der Waals surface area contributed by atoms with Gasteiger partial charge in [0.2, 0.25) is 15.9 Å². The van der Waals surface area contributed by atoms with E-state index < -0.39 is 10.0 Å². The van der Waals surface area contributed by atoms with E-state index in [1.807, 2.05) is 4.90 Å². The third-order valence-corrected chi connectivity index (χ3v) is 7.70. The van der Waals surface area contributed by atoms with Crippen molar-refractivity contribution in [3.8, 4) is 11.5 Å². The summed E-state index contributed by atoms with van der Waals surface area (Å²) in [6, 6.07) is 4.73. The molecule has 0 unspecified atom stereocenters. The van der Waals surface area contributed by atoms with E-state index in [1.54, 1.807) is 12.1 Å². The molecule has 0 N–H and O–H groups in total. The van der Waals surface area contributed by atoms with Gasteiger partial charge in [0.1, 0.15) is 16.4 Å². The number of methoxy groups -OCH3 is 2. The Morgan fingerprint density at radius 2 is 1.79 bits per heavy atom. The second-order valence-corrected chi connectivity index (χ2v) is 9.63. The largest absolute Gasteiger partial charge is 0.497 e. The number of nitrogens with zero attached hydrogens (tertiary/aromatic N) is 2. The first-order valence-corrected chi connectivity index (χ1v) is 11.3. The molecule has 28 heavy (non-hydrogen) atoms. The topological polar surface area (TPSA) is 76.1 Å². The van der Waals surface area contributed by atoms with Crippen LogP contribution in [0.5, 0.6) is 11.5 Å². The molecule has 3 rings (SSSR count). The lowest BCUT2D eigenvalue weighted by molar-refractivity contribution is -0.138. The number of benzene rings is 1. The van der Waals surface area contributed by atoms with E-state index in [9.17, 15) is 13.2 Å². The average Bonchev–Trinajstić information content (AvgIpc) is 2.73. The van der Waals surface area contributed by atoms with Crippen molar-refractivity contribution < 1.29 is 22.7 Å². The summed E-state index contributed by atoms with van der Waals surface area (Å²) >= 11 is 0. The number of ether oxygens (including phenoxy) is 2. The van der Waals surface area contributed by atoms with Crippen LogP contribution >= 0.6 is 0 Å². The molecule has 0 radical (unpaired) electrons. The highest BCUT2D eigenvalue weighted by molar-refractivity contribution is 7.89. The van der Waals surface area contributed by atoms with Gasteiger partial charge in [-0.2, -0.15) is 4.31 Å². The molecule has 156 valence electrons. The Morgan fingerprint density at radius 3 is 2.43 bits per heavy atom. The number of rotatable bonds is 5. The second kappa shape index (κ2) is 8.69. The van der Waals surface area contributed by atoms with Crippen LogP contribution < -0.4 is 9.47 Å². The minimum Gasteiger partial charge on any atom is -0.497 e. The Kier molecular flexibility index (Phi) is 6.50. The molecule has 7 nitrogen and oxygen atoms in total. The summed E-state index contributed by atoms with van der Waals surface area (Å²) in [5.41, 5.74) is 0. The van der Waals surface area contributed by atoms with Gasteiger partial charge >= 0.3 is 0 Å². The van der Waals surface area contributed by atoms with Gasteiger partial charge in [-0.15, -0.1) is 0 Å². The lowest BCUT2D eigenvalue weighted by Gasteiger charge is -2.37. The summed E-state index contributed by atoms with van der Waals surface area (Å²) < 4.78 is 38.4. The molecule has 1 amide bonds. The van der Waals surface area contributed by atoms with E-state index >= 15 is 0 Å². The van der Waals surface area contributed by atoms with Gasteiger partial charge in [-0.25, -0.2) is 8.42 Å². The number of piperidine rings is 2. The van der Waals surface area contributed by atoms with Gasteiger partial charge < -0.3 is 14.4 Å². The third-order valence-electron chi connectivity index (χ3n) is 5.82. The van der Waals surface area contributed by atoms with Crippen molar-refractivity contribution in [2.24, 2.45) is 11.8 Å². The Morgan fingerprint density at radius 1 is 1.07 bits per heavy atom. The Hall–Kier alpha value is -1.80. The maximum Gasteiger partial charge on any atom is 0.246 e. The third kappa shape index (κ3) is 4.27. The van der Waals surface area contributed by atoms with Crippen LogP contribution in [0.1, 0.15) is 32.6 Å². The standard InChI is InChI=1S/C20H30N2O5S/c1-15-8-11-21(12-9-15)20(23)16-5-4-10-22(14-16)28(24,25)19-13-17(26-2)6-7-18(19)27-3/h6-7,13,15-16H,4-5,8-12,14H2,1-3H3/t16-/m0/s1. The molecule has 2 heterocycles. The lowest BCUT2D eigenvalue weighted by Crippen LogP contribution is -2.48. The molecule has 2 aliphatic heterocycles. The first-order chi connectivity index (χ1) is 13.4. The monoisotopic (exact) mass is 410 g/mol. The SMILES string of the molecule is COc1ccc(OC)c(S(=O)(=O)N2CCC[C@H](C(=O)N3CCC(C)CC3)C2)c1. The number of carbonyl (C=O) groups excluding carboxylic acids is 1. The van der Waals surface area contributed by atoms with Crippen molar-refractivity contribution in [1.29, 1.82) is 0 Å². The van der Waals surface area contributed by atoms with Gasteiger partial charge in [-0.3, -0.25) is 4.79 Å². The van der Waals surface area contributed by atoms with E-state index in [4.69, 9.17) is 9.47 Å². The van der Waals surface area contributed by atoms with Crippen LogP contribution in [0.2, 0.25) is 0 Å². The van der Waals surface area contributed by atoms with E-state index in [1.165, 1.54) is 24.6 Å². The number of likely N-dealkylation sites (tertiary alicyclic amines) is 1. The molecule has 0 spiro atoms. The van der Waals surface area contributed by atoms with Crippen LogP contribution in [0.25, 0.3) is 0 Å². The quantitative estimate of drug-likeness (QED) is 0.745. The molecule has 0 aromatic heterocycles.